The zero-order valence-corrected chi connectivity index (χ0v) is 14.7. The molecule has 0 saturated carbocycles. The van der Waals surface area contributed by atoms with Crippen LogP contribution in [0.2, 0.25) is 0 Å². The van der Waals surface area contributed by atoms with Gasteiger partial charge in [0.15, 0.2) is 0 Å². The summed E-state index contributed by atoms with van der Waals surface area (Å²) in [5.74, 6) is 0.400. The molecule has 2 aromatic rings. The summed E-state index contributed by atoms with van der Waals surface area (Å²) in [6, 6.07) is 0. The van der Waals surface area contributed by atoms with E-state index < -0.39 is 11.5 Å². The third-order valence-electron chi connectivity index (χ3n) is 5.14. The van der Waals surface area contributed by atoms with E-state index in [9.17, 15) is 14.7 Å². The van der Waals surface area contributed by atoms with Crippen molar-refractivity contribution in [2.45, 2.75) is 45.6 Å². The summed E-state index contributed by atoms with van der Waals surface area (Å²) in [6.07, 6.45) is 4.24. The first-order valence-electron chi connectivity index (χ1n) is 8.28. The van der Waals surface area contributed by atoms with E-state index in [2.05, 4.69) is 10.1 Å². The predicted molar refractivity (Wildman–Crippen MR) is 88.1 cm³/mol. The van der Waals surface area contributed by atoms with Gasteiger partial charge in [-0.2, -0.15) is 0 Å². The van der Waals surface area contributed by atoms with Crippen LogP contribution >= 0.6 is 0 Å². The molecule has 8 nitrogen and oxygen atoms in total. The Morgan fingerprint density at radius 1 is 1.28 bits per heavy atom. The van der Waals surface area contributed by atoms with E-state index in [0.717, 1.165) is 11.3 Å². The smallest absolute Gasteiger partial charge is 0.330 e. The summed E-state index contributed by atoms with van der Waals surface area (Å²) in [4.78, 5) is 30.4. The minimum Gasteiger partial charge on any atom is -0.479 e. The number of rotatable bonds is 4. The van der Waals surface area contributed by atoms with Gasteiger partial charge in [-0.25, -0.2) is 9.78 Å². The number of nitrogens with zero attached hydrogens (tertiary/aromatic N) is 4. The van der Waals surface area contributed by atoms with Gasteiger partial charge in [-0.15, -0.1) is 0 Å². The van der Waals surface area contributed by atoms with Crippen molar-refractivity contribution in [1.29, 1.82) is 0 Å². The first-order chi connectivity index (χ1) is 11.8. The van der Waals surface area contributed by atoms with Crippen LogP contribution in [0.15, 0.2) is 16.9 Å². The molecule has 0 unspecified atom stereocenters. The predicted octanol–water partition coefficient (Wildman–Crippen LogP) is 1.44. The maximum absolute atomic E-state index is 12.6. The number of likely N-dealkylation sites (tertiary alicyclic amines) is 1. The number of carboxylic acid groups (broad SMARTS) is 1. The SMILES string of the molecule is Cc1noc(C)c1CC(=O)N1CCC(C(=O)O)(n2ccnc2C)CC1. The molecule has 1 N–H and O–H groups in total. The topological polar surface area (TPSA) is 101 Å². The van der Waals surface area contributed by atoms with Crippen LogP contribution < -0.4 is 0 Å². The van der Waals surface area contributed by atoms with Crippen molar-refractivity contribution in [3.8, 4) is 0 Å². The standard InChI is InChI=1S/C17H22N4O4/c1-11-14(12(2)25-19-11)10-15(22)20-7-4-17(5-8-20,16(23)24)21-9-6-18-13(21)3/h6,9H,4-5,7-8,10H2,1-3H3,(H,23,24). The van der Waals surface area contributed by atoms with Gasteiger partial charge in [0.1, 0.15) is 17.1 Å². The number of hydrogen-bond donors (Lipinski definition) is 1. The lowest BCUT2D eigenvalue weighted by Gasteiger charge is -2.40. The molecule has 0 atom stereocenters. The molecule has 25 heavy (non-hydrogen) atoms. The summed E-state index contributed by atoms with van der Waals surface area (Å²) in [5, 5.41) is 13.7. The summed E-state index contributed by atoms with van der Waals surface area (Å²) in [5.41, 5.74) is 0.489. The average molecular weight is 346 g/mol. The van der Waals surface area contributed by atoms with Gasteiger partial charge < -0.3 is 19.1 Å². The Balaban J connectivity index is 1.73. The van der Waals surface area contributed by atoms with Gasteiger partial charge in [0.05, 0.1) is 12.1 Å². The third-order valence-corrected chi connectivity index (χ3v) is 5.14. The summed E-state index contributed by atoms with van der Waals surface area (Å²) in [7, 11) is 0. The second-order valence-electron chi connectivity index (χ2n) is 6.54. The number of imidazole rings is 1. The fourth-order valence-electron chi connectivity index (χ4n) is 3.53. The zero-order chi connectivity index (χ0) is 18.2. The van der Waals surface area contributed by atoms with E-state index in [-0.39, 0.29) is 12.3 Å². The van der Waals surface area contributed by atoms with Crippen LogP contribution in [0.4, 0.5) is 0 Å². The van der Waals surface area contributed by atoms with Crippen molar-refractivity contribution in [3.05, 3.63) is 35.2 Å². The van der Waals surface area contributed by atoms with Crippen molar-refractivity contribution >= 4 is 11.9 Å². The fraction of sp³-hybridized carbons (Fsp3) is 0.529. The Kier molecular flexibility index (Phi) is 4.36. The molecule has 0 aliphatic carbocycles. The maximum Gasteiger partial charge on any atom is 0.330 e. The molecule has 0 radical (unpaired) electrons. The lowest BCUT2D eigenvalue weighted by molar-refractivity contribution is -0.152. The van der Waals surface area contributed by atoms with Crippen molar-refractivity contribution in [1.82, 2.24) is 19.6 Å². The molecular formula is C17H22N4O4. The van der Waals surface area contributed by atoms with E-state index in [0.29, 0.717) is 37.5 Å². The molecule has 1 saturated heterocycles. The number of piperidine rings is 1. The van der Waals surface area contributed by atoms with Gasteiger partial charge in [-0.1, -0.05) is 5.16 Å². The highest BCUT2D eigenvalue weighted by Gasteiger charge is 2.44. The van der Waals surface area contributed by atoms with Crippen LogP contribution in [0.1, 0.15) is 35.7 Å². The Labute approximate surface area is 145 Å². The number of carboxylic acids is 1. The molecule has 1 aliphatic rings. The number of carbonyl (C=O) groups is 2. The number of aromatic nitrogens is 3. The van der Waals surface area contributed by atoms with Crippen LogP contribution in [0.5, 0.6) is 0 Å². The van der Waals surface area contributed by atoms with Crippen molar-refractivity contribution in [2.75, 3.05) is 13.1 Å². The molecule has 3 rings (SSSR count). The number of hydrogen-bond acceptors (Lipinski definition) is 5. The number of aliphatic carboxylic acids is 1. The first-order valence-corrected chi connectivity index (χ1v) is 8.28. The average Bonchev–Trinajstić information content (AvgIpc) is 3.15. The molecule has 3 heterocycles. The number of amides is 1. The third kappa shape index (κ3) is 2.92. The molecule has 134 valence electrons. The second-order valence-corrected chi connectivity index (χ2v) is 6.54. The van der Waals surface area contributed by atoms with Crippen molar-refractivity contribution < 1.29 is 19.2 Å². The van der Waals surface area contributed by atoms with E-state index in [4.69, 9.17) is 4.52 Å². The Morgan fingerprint density at radius 2 is 1.96 bits per heavy atom. The van der Waals surface area contributed by atoms with Crippen LogP contribution in [0.25, 0.3) is 0 Å². The minimum atomic E-state index is -1.04. The van der Waals surface area contributed by atoms with Gasteiger partial charge in [0.25, 0.3) is 0 Å². The van der Waals surface area contributed by atoms with E-state index in [1.165, 1.54) is 0 Å². The Hall–Kier alpha value is -2.64. The highest BCUT2D eigenvalue weighted by molar-refractivity contribution is 5.81. The molecular weight excluding hydrogens is 324 g/mol. The lowest BCUT2D eigenvalue weighted by atomic mass is 9.86. The van der Waals surface area contributed by atoms with E-state index in [1.54, 1.807) is 35.7 Å². The molecule has 1 fully saturated rings. The number of carbonyl (C=O) groups excluding carboxylic acids is 1. The normalized spacial score (nSPS) is 16.8. The van der Waals surface area contributed by atoms with Gasteiger partial charge >= 0.3 is 5.97 Å². The summed E-state index contributed by atoms with van der Waals surface area (Å²) in [6.45, 7) is 6.18. The number of aryl methyl sites for hydroxylation is 3. The van der Waals surface area contributed by atoms with Crippen molar-refractivity contribution in [2.24, 2.45) is 0 Å². The molecule has 8 heteroatoms. The van der Waals surface area contributed by atoms with Crippen LogP contribution in [-0.2, 0) is 21.5 Å². The first kappa shape index (κ1) is 17.2. The molecule has 2 aromatic heterocycles. The largest absolute Gasteiger partial charge is 0.479 e. The van der Waals surface area contributed by atoms with Gasteiger partial charge in [0, 0.05) is 31.0 Å². The van der Waals surface area contributed by atoms with E-state index in [1.807, 2.05) is 6.92 Å². The van der Waals surface area contributed by atoms with Crippen molar-refractivity contribution in [3.63, 3.8) is 0 Å². The fourth-order valence-corrected chi connectivity index (χ4v) is 3.53. The molecule has 1 amide bonds. The Morgan fingerprint density at radius 3 is 2.44 bits per heavy atom. The summed E-state index contributed by atoms with van der Waals surface area (Å²) >= 11 is 0. The quantitative estimate of drug-likeness (QED) is 0.899. The molecule has 0 bridgehead atoms. The van der Waals surface area contributed by atoms with Crippen LogP contribution in [0, 0.1) is 20.8 Å². The molecule has 1 aliphatic heterocycles. The highest BCUT2D eigenvalue weighted by Crippen LogP contribution is 2.32. The lowest BCUT2D eigenvalue weighted by Crippen LogP contribution is -2.52. The minimum absolute atomic E-state index is 0.0317. The summed E-state index contributed by atoms with van der Waals surface area (Å²) < 4.78 is 6.82. The zero-order valence-electron chi connectivity index (χ0n) is 14.7. The van der Waals surface area contributed by atoms with Gasteiger partial charge in [0.2, 0.25) is 5.91 Å². The van der Waals surface area contributed by atoms with E-state index >= 15 is 0 Å². The Bertz CT molecular complexity index is 780. The second kappa shape index (κ2) is 6.34. The highest BCUT2D eigenvalue weighted by atomic mass is 16.5. The monoisotopic (exact) mass is 346 g/mol. The maximum atomic E-state index is 12.6. The van der Waals surface area contributed by atoms with Gasteiger partial charge in [-0.05, 0) is 33.6 Å². The molecule has 0 aromatic carbocycles. The van der Waals surface area contributed by atoms with Crippen LogP contribution in [-0.4, -0.2) is 49.7 Å². The van der Waals surface area contributed by atoms with Gasteiger partial charge in [-0.3, -0.25) is 4.79 Å². The molecule has 0 spiro atoms. The van der Waals surface area contributed by atoms with Crippen LogP contribution in [0.3, 0.4) is 0 Å².